The van der Waals surface area contributed by atoms with Gasteiger partial charge in [0, 0.05) is 0 Å². The minimum atomic E-state index is -0.644. The standard InChI is InChI=1S/C11H12O4/c1-2-3-9-4-6-10(7-5-9)15-11(12)8-14-13/h2,4-7,13H,1,3,8H2. The first-order valence-electron chi connectivity index (χ1n) is 4.43. The van der Waals surface area contributed by atoms with Crippen molar-refractivity contribution in [2.75, 3.05) is 6.61 Å². The Bertz CT molecular complexity index is 329. The number of esters is 1. The highest BCUT2D eigenvalue weighted by molar-refractivity contribution is 5.73. The maximum atomic E-state index is 10.9. The second-order valence-corrected chi connectivity index (χ2v) is 2.88. The van der Waals surface area contributed by atoms with E-state index in [1.54, 1.807) is 18.2 Å². The molecule has 0 aliphatic rings. The van der Waals surface area contributed by atoms with Crippen LogP contribution in [0, 0.1) is 0 Å². The molecule has 0 aromatic heterocycles. The highest BCUT2D eigenvalue weighted by atomic mass is 17.1. The Labute approximate surface area is 87.7 Å². The number of hydrogen-bond acceptors (Lipinski definition) is 4. The molecule has 1 N–H and O–H groups in total. The Morgan fingerprint density at radius 3 is 2.60 bits per heavy atom. The summed E-state index contributed by atoms with van der Waals surface area (Å²) < 4.78 is 4.84. The van der Waals surface area contributed by atoms with Gasteiger partial charge in [0.2, 0.25) is 0 Å². The van der Waals surface area contributed by atoms with Crippen molar-refractivity contribution in [2.45, 2.75) is 6.42 Å². The lowest BCUT2D eigenvalue weighted by Gasteiger charge is -2.03. The van der Waals surface area contributed by atoms with Crippen molar-refractivity contribution in [1.82, 2.24) is 0 Å². The summed E-state index contributed by atoms with van der Waals surface area (Å²) in [7, 11) is 0. The van der Waals surface area contributed by atoms with Crippen molar-refractivity contribution in [3.05, 3.63) is 42.5 Å². The van der Waals surface area contributed by atoms with Gasteiger partial charge in [-0.15, -0.1) is 6.58 Å². The third kappa shape index (κ3) is 3.93. The average Bonchev–Trinajstić information content (AvgIpc) is 2.22. The topological polar surface area (TPSA) is 55.8 Å². The van der Waals surface area contributed by atoms with Crippen molar-refractivity contribution in [1.29, 1.82) is 0 Å². The number of hydrogen-bond donors (Lipinski definition) is 1. The Balaban J connectivity index is 2.56. The van der Waals surface area contributed by atoms with Gasteiger partial charge in [-0.1, -0.05) is 18.2 Å². The highest BCUT2D eigenvalue weighted by Gasteiger charge is 2.04. The van der Waals surface area contributed by atoms with Gasteiger partial charge in [-0.2, -0.15) is 0 Å². The Morgan fingerprint density at radius 2 is 2.07 bits per heavy atom. The van der Waals surface area contributed by atoms with Crippen molar-refractivity contribution >= 4 is 5.97 Å². The van der Waals surface area contributed by atoms with E-state index in [4.69, 9.17) is 9.99 Å². The Morgan fingerprint density at radius 1 is 1.40 bits per heavy atom. The van der Waals surface area contributed by atoms with E-state index in [2.05, 4.69) is 11.5 Å². The van der Waals surface area contributed by atoms with E-state index in [0.717, 1.165) is 12.0 Å². The van der Waals surface area contributed by atoms with E-state index in [-0.39, 0.29) is 0 Å². The molecule has 15 heavy (non-hydrogen) atoms. The van der Waals surface area contributed by atoms with Crippen LogP contribution in [0.4, 0.5) is 0 Å². The molecule has 0 fully saturated rings. The van der Waals surface area contributed by atoms with Crippen LogP contribution in [-0.2, 0) is 16.1 Å². The minimum Gasteiger partial charge on any atom is -0.425 e. The smallest absolute Gasteiger partial charge is 0.340 e. The molecule has 1 rings (SSSR count). The summed E-state index contributed by atoms with van der Waals surface area (Å²) in [6.07, 6.45) is 2.56. The second kappa shape index (κ2) is 5.95. The number of ether oxygens (including phenoxy) is 1. The van der Waals surface area contributed by atoms with Gasteiger partial charge in [0.05, 0.1) is 0 Å². The normalized spacial score (nSPS) is 9.67. The molecule has 1 aromatic carbocycles. The van der Waals surface area contributed by atoms with Crippen LogP contribution in [-0.4, -0.2) is 17.8 Å². The molecule has 0 heterocycles. The predicted molar refractivity (Wildman–Crippen MR) is 54.6 cm³/mol. The van der Waals surface area contributed by atoms with E-state index < -0.39 is 12.6 Å². The molecule has 0 aliphatic heterocycles. The van der Waals surface area contributed by atoms with Gasteiger partial charge < -0.3 is 4.74 Å². The summed E-state index contributed by atoms with van der Waals surface area (Å²) in [6, 6.07) is 7.02. The van der Waals surface area contributed by atoms with Crippen molar-refractivity contribution < 1.29 is 19.7 Å². The lowest BCUT2D eigenvalue weighted by Crippen LogP contribution is -2.14. The van der Waals surface area contributed by atoms with Crippen molar-refractivity contribution in [3.63, 3.8) is 0 Å². The molecule has 0 amide bonds. The molecule has 0 atom stereocenters. The summed E-state index contributed by atoms with van der Waals surface area (Å²) >= 11 is 0. The largest absolute Gasteiger partial charge is 0.425 e. The molecule has 0 saturated carbocycles. The molecule has 1 aromatic rings. The molecule has 0 bridgehead atoms. The van der Waals surface area contributed by atoms with E-state index in [1.165, 1.54) is 0 Å². The number of rotatable bonds is 5. The molecule has 4 heteroatoms. The molecule has 0 saturated heterocycles. The van der Waals surface area contributed by atoms with Crippen LogP contribution < -0.4 is 4.74 Å². The molecular weight excluding hydrogens is 196 g/mol. The fourth-order valence-corrected chi connectivity index (χ4v) is 1.07. The lowest BCUT2D eigenvalue weighted by atomic mass is 10.1. The predicted octanol–water partition coefficient (Wildman–Crippen LogP) is 1.81. The van der Waals surface area contributed by atoms with Gasteiger partial charge in [0.25, 0.3) is 0 Å². The zero-order valence-electron chi connectivity index (χ0n) is 8.18. The minimum absolute atomic E-state index is 0.421. The number of carbonyl (C=O) groups excluding carboxylic acids is 1. The maximum absolute atomic E-state index is 10.9. The van der Waals surface area contributed by atoms with Crippen molar-refractivity contribution in [3.8, 4) is 5.75 Å². The quantitative estimate of drug-likeness (QED) is 0.263. The second-order valence-electron chi connectivity index (χ2n) is 2.88. The Hall–Kier alpha value is -1.65. The first-order valence-corrected chi connectivity index (χ1v) is 4.43. The molecule has 80 valence electrons. The monoisotopic (exact) mass is 208 g/mol. The molecular formula is C11H12O4. The number of carbonyl (C=O) groups is 1. The fraction of sp³-hybridized carbons (Fsp3) is 0.182. The maximum Gasteiger partial charge on any atom is 0.340 e. The van der Waals surface area contributed by atoms with E-state index in [1.807, 2.05) is 12.1 Å². The fourth-order valence-electron chi connectivity index (χ4n) is 1.07. The van der Waals surface area contributed by atoms with Gasteiger partial charge in [0.15, 0.2) is 6.61 Å². The highest BCUT2D eigenvalue weighted by Crippen LogP contribution is 2.12. The van der Waals surface area contributed by atoms with Crippen LogP contribution in [0.5, 0.6) is 5.75 Å². The van der Waals surface area contributed by atoms with Crippen molar-refractivity contribution in [2.24, 2.45) is 0 Å². The molecule has 0 unspecified atom stereocenters. The molecule has 4 nitrogen and oxygen atoms in total. The van der Waals surface area contributed by atoms with Crippen LogP contribution in [0.2, 0.25) is 0 Å². The molecule has 0 radical (unpaired) electrons. The third-order valence-electron chi connectivity index (χ3n) is 1.72. The van der Waals surface area contributed by atoms with Gasteiger partial charge in [0.1, 0.15) is 5.75 Å². The summed E-state index contributed by atoms with van der Waals surface area (Å²) in [6.45, 7) is 3.14. The molecule has 0 aliphatic carbocycles. The van der Waals surface area contributed by atoms with E-state index in [9.17, 15) is 4.79 Å². The third-order valence-corrected chi connectivity index (χ3v) is 1.72. The molecule has 0 spiro atoms. The number of allylic oxidation sites excluding steroid dienone is 1. The van der Waals surface area contributed by atoms with E-state index >= 15 is 0 Å². The summed E-state index contributed by atoms with van der Waals surface area (Å²) in [4.78, 5) is 14.6. The van der Waals surface area contributed by atoms with Gasteiger partial charge >= 0.3 is 5.97 Å². The zero-order chi connectivity index (χ0) is 11.1. The average molecular weight is 208 g/mol. The van der Waals surface area contributed by atoms with Crippen LogP contribution in [0.25, 0.3) is 0 Å². The van der Waals surface area contributed by atoms with Crippen LogP contribution >= 0.6 is 0 Å². The summed E-state index contributed by atoms with van der Waals surface area (Å²) in [5.74, 6) is -0.223. The zero-order valence-corrected chi connectivity index (χ0v) is 8.18. The van der Waals surface area contributed by atoms with Gasteiger partial charge in [-0.25, -0.2) is 9.68 Å². The van der Waals surface area contributed by atoms with Crippen LogP contribution in [0.1, 0.15) is 5.56 Å². The van der Waals surface area contributed by atoms with Crippen LogP contribution in [0.3, 0.4) is 0 Å². The van der Waals surface area contributed by atoms with Gasteiger partial charge in [-0.05, 0) is 24.1 Å². The summed E-state index contributed by atoms with van der Waals surface area (Å²) in [5.41, 5.74) is 1.09. The SMILES string of the molecule is C=CCc1ccc(OC(=O)COO)cc1. The Kier molecular flexibility index (Phi) is 4.53. The number of benzene rings is 1. The lowest BCUT2D eigenvalue weighted by molar-refractivity contribution is -0.242. The van der Waals surface area contributed by atoms with Crippen LogP contribution in [0.15, 0.2) is 36.9 Å². The first kappa shape index (κ1) is 11.4. The summed E-state index contributed by atoms with van der Waals surface area (Å²) in [5, 5.41) is 8.02. The first-order chi connectivity index (χ1) is 7.26. The van der Waals surface area contributed by atoms with Gasteiger partial charge in [-0.3, -0.25) is 5.26 Å². The van der Waals surface area contributed by atoms with E-state index in [0.29, 0.717) is 5.75 Å².